The number of aliphatic carboxylic acids is 1. The Morgan fingerprint density at radius 2 is 1.95 bits per heavy atom. The van der Waals surface area contributed by atoms with E-state index in [1.165, 1.54) is 0 Å². The highest BCUT2D eigenvalue weighted by atomic mass is 32.2. The molecule has 0 radical (unpaired) electrons. The predicted molar refractivity (Wildman–Crippen MR) is 75.4 cm³/mol. The van der Waals surface area contributed by atoms with Crippen LogP contribution in [0.25, 0.3) is 0 Å². The number of thioether (sulfide) groups is 1. The van der Waals surface area contributed by atoms with E-state index in [-0.39, 0.29) is 18.1 Å². The smallest absolute Gasteiger partial charge is 0.315 e. The monoisotopic (exact) mass is 286 g/mol. The summed E-state index contributed by atoms with van der Waals surface area (Å²) in [6.45, 7) is 0. The topological polar surface area (TPSA) is 78.4 Å². The molecule has 0 saturated heterocycles. The standard InChI is InChI=1S/C13H22N2O3S/c1-19-9-6-5-8(7-9)14-13(18)15-11-4-2-3-10(11)12(16)17/h8-11H,2-7H2,1H3,(H,16,17)(H2,14,15,18). The third kappa shape index (κ3) is 3.78. The first-order chi connectivity index (χ1) is 9.10. The summed E-state index contributed by atoms with van der Waals surface area (Å²) in [5, 5.41) is 15.5. The van der Waals surface area contributed by atoms with Crippen LogP contribution in [0.3, 0.4) is 0 Å². The van der Waals surface area contributed by atoms with Gasteiger partial charge < -0.3 is 15.7 Å². The van der Waals surface area contributed by atoms with Crippen LogP contribution >= 0.6 is 11.8 Å². The molecule has 0 aliphatic heterocycles. The average Bonchev–Trinajstić information content (AvgIpc) is 2.97. The van der Waals surface area contributed by atoms with Crippen LogP contribution in [0.5, 0.6) is 0 Å². The van der Waals surface area contributed by atoms with Crippen LogP contribution in [-0.4, -0.2) is 40.7 Å². The number of hydrogen-bond donors (Lipinski definition) is 3. The molecule has 0 aromatic carbocycles. The first kappa shape index (κ1) is 14.5. The summed E-state index contributed by atoms with van der Waals surface area (Å²) in [6, 6.07) is -0.178. The Labute approximate surface area is 117 Å². The first-order valence-electron chi connectivity index (χ1n) is 6.92. The molecule has 0 aromatic heterocycles. The third-order valence-corrected chi connectivity index (χ3v) is 5.30. The van der Waals surface area contributed by atoms with Crippen LogP contribution in [0.4, 0.5) is 4.79 Å². The highest BCUT2D eigenvalue weighted by molar-refractivity contribution is 7.99. The van der Waals surface area contributed by atoms with Crippen LogP contribution < -0.4 is 10.6 Å². The van der Waals surface area contributed by atoms with Gasteiger partial charge in [-0.2, -0.15) is 11.8 Å². The van der Waals surface area contributed by atoms with Crippen molar-refractivity contribution in [1.82, 2.24) is 10.6 Å². The summed E-state index contributed by atoms with van der Waals surface area (Å²) in [5.74, 6) is -1.22. The molecule has 2 aliphatic carbocycles. The fourth-order valence-corrected chi connectivity index (χ4v) is 3.91. The van der Waals surface area contributed by atoms with E-state index in [0.717, 1.165) is 32.1 Å². The van der Waals surface area contributed by atoms with Crippen molar-refractivity contribution in [2.75, 3.05) is 6.26 Å². The lowest BCUT2D eigenvalue weighted by Crippen LogP contribution is -2.48. The molecule has 108 valence electrons. The minimum Gasteiger partial charge on any atom is -0.481 e. The fourth-order valence-electron chi connectivity index (χ4n) is 3.11. The van der Waals surface area contributed by atoms with E-state index in [2.05, 4.69) is 16.9 Å². The Balaban J connectivity index is 1.77. The van der Waals surface area contributed by atoms with Gasteiger partial charge in [0, 0.05) is 17.3 Å². The third-order valence-electron chi connectivity index (χ3n) is 4.20. The van der Waals surface area contributed by atoms with Crippen molar-refractivity contribution in [3.63, 3.8) is 0 Å². The Bertz CT molecular complexity index is 351. The number of carboxylic acid groups (broad SMARTS) is 1. The lowest BCUT2D eigenvalue weighted by Gasteiger charge is -2.20. The number of amides is 2. The summed E-state index contributed by atoms with van der Waals surface area (Å²) in [4.78, 5) is 22.9. The van der Waals surface area contributed by atoms with Gasteiger partial charge >= 0.3 is 12.0 Å². The molecule has 19 heavy (non-hydrogen) atoms. The molecule has 4 unspecified atom stereocenters. The molecule has 6 heteroatoms. The normalized spacial score (nSPS) is 34.2. The van der Waals surface area contributed by atoms with E-state index in [1.807, 2.05) is 11.8 Å². The first-order valence-corrected chi connectivity index (χ1v) is 8.21. The molecule has 0 aromatic rings. The second-order valence-electron chi connectivity index (χ2n) is 5.47. The summed E-state index contributed by atoms with van der Waals surface area (Å²) >= 11 is 1.85. The van der Waals surface area contributed by atoms with Crippen molar-refractivity contribution in [2.24, 2.45) is 5.92 Å². The second-order valence-corrected chi connectivity index (χ2v) is 6.61. The number of urea groups is 1. The highest BCUT2D eigenvalue weighted by Gasteiger charge is 2.34. The Hall–Kier alpha value is -0.910. The summed E-state index contributed by atoms with van der Waals surface area (Å²) < 4.78 is 0. The number of carbonyl (C=O) groups is 2. The van der Waals surface area contributed by atoms with Crippen molar-refractivity contribution >= 4 is 23.8 Å². The van der Waals surface area contributed by atoms with E-state index in [1.54, 1.807) is 0 Å². The van der Waals surface area contributed by atoms with Gasteiger partial charge in [0.25, 0.3) is 0 Å². The molecular formula is C13H22N2O3S. The van der Waals surface area contributed by atoms with Gasteiger partial charge in [-0.25, -0.2) is 4.79 Å². The lowest BCUT2D eigenvalue weighted by atomic mass is 10.0. The Kier molecular flexibility index (Phi) is 4.96. The van der Waals surface area contributed by atoms with E-state index in [4.69, 9.17) is 5.11 Å². The van der Waals surface area contributed by atoms with Gasteiger partial charge in [-0.05, 0) is 38.4 Å². The highest BCUT2D eigenvalue weighted by Crippen LogP contribution is 2.28. The van der Waals surface area contributed by atoms with E-state index in [0.29, 0.717) is 11.7 Å². The minimum atomic E-state index is -0.800. The van der Waals surface area contributed by atoms with Crippen LogP contribution in [0.2, 0.25) is 0 Å². The Morgan fingerprint density at radius 3 is 2.58 bits per heavy atom. The second kappa shape index (κ2) is 6.50. The Morgan fingerprint density at radius 1 is 1.16 bits per heavy atom. The van der Waals surface area contributed by atoms with Gasteiger partial charge in [-0.3, -0.25) is 4.79 Å². The number of hydrogen-bond acceptors (Lipinski definition) is 3. The molecular weight excluding hydrogens is 264 g/mol. The van der Waals surface area contributed by atoms with Crippen molar-refractivity contribution < 1.29 is 14.7 Å². The van der Waals surface area contributed by atoms with Crippen molar-refractivity contribution in [3.8, 4) is 0 Å². The number of carboxylic acids is 1. The van der Waals surface area contributed by atoms with Crippen LogP contribution in [0, 0.1) is 5.92 Å². The summed E-state index contributed by atoms with van der Waals surface area (Å²) in [5.41, 5.74) is 0. The van der Waals surface area contributed by atoms with Crippen molar-refractivity contribution in [1.29, 1.82) is 0 Å². The fraction of sp³-hybridized carbons (Fsp3) is 0.846. The molecule has 5 nitrogen and oxygen atoms in total. The molecule has 0 spiro atoms. The molecule has 2 amide bonds. The maximum atomic E-state index is 11.9. The zero-order valence-electron chi connectivity index (χ0n) is 11.2. The molecule has 2 aliphatic rings. The van der Waals surface area contributed by atoms with E-state index >= 15 is 0 Å². The van der Waals surface area contributed by atoms with E-state index < -0.39 is 11.9 Å². The van der Waals surface area contributed by atoms with Crippen LogP contribution in [0.15, 0.2) is 0 Å². The minimum absolute atomic E-state index is 0.204. The summed E-state index contributed by atoms with van der Waals surface area (Å²) in [7, 11) is 0. The summed E-state index contributed by atoms with van der Waals surface area (Å²) in [6.07, 6.45) is 7.59. The zero-order valence-corrected chi connectivity index (χ0v) is 12.0. The quantitative estimate of drug-likeness (QED) is 0.736. The maximum Gasteiger partial charge on any atom is 0.315 e. The molecule has 0 heterocycles. The number of rotatable bonds is 4. The maximum absolute atomic E-state index is 11.9. The van der Waals surface area contributed by atoms with Crippen molar-refractivity contribution in [2.45, 2.75) is 55.9 Å². The van der Waals surface area contributed by atoms with E-state index in [9.17, 15) is 9.59 Å². The van der Waals surface area contributed by atoms with Gasteiger partial charge in [-0.15, -0.1) is 0 Å². The average molecular weight is 286 g/mol. The van der Waals surface area contributed by atoms with Crippen LogP contribution in [0.1, 0.15) is 38.5 Å². The predicted octanol–water partition coefficient (Wildman–Crippen LogP) is 1.82. The van der Waals surface area contributed by atoms with Gasteiger partial charge in [0.05, 0.1) is 5.92 Å². The lowest BCUT2D eigenvalue weighted by molar-refractivity contribution is -0.142. The molecule has 3 N–H and O–H groups in total. The molecule has 0 bridgehead atoms. The van der Waals surface area contributed by atoms with Gasteiger partial charge in [-0.1, -0.05) is 6.42 Å². The largest absolute Gasteiger partial charge is 0.481 e. The number of carbonyl (C=O) groups excluding carboxylic acids is 1. The van der Waals surface area contributed by atoms with Crippen molar-refractivity contribution in [3.05, 3.63) is 0 Å². The molecule has 4 atom stereocenters. The zero-order chi connectivity index (χ0) is 13.8. The molecule has 2 rings (SSSR count). The van der Waals surface area contributed by atoms with Gasteiger partial charge in [0.2, 0.25) is 0 Å². The molecule has 2 fully saturated rings. The van der Waals surface area contributed by atoms with Gasteiger partial charge in [0.15, 0.2) is 0 Å². The number of nitrogens with one attached hydrogen (secondary N) is 2. The molecule has 2 saturated carbocycles. The SMILES string of the molecule is CSC1CCC(NC(=O)NC2CCCC2C(=O)O)C1. The van der Waals surface area contributed by atoms with Gasteiger partial charge in [0.1, 0.15) is 0 Å². The van der Waals surface area contributed by atoms with Crippen LogP contribution in [-0.2, 0) is 4.79 Å².